The molecule has 8 aliphatic rings. The van der Waals surface area contributed by atoms with Crippen LogP contribution < -0.4 is 42.9 Å². The van der Waals surface area contributed by atoms with Gasteiger partial charge in [-0.25, -0.2) is 4.58 Å². The molecule has 760 valence electrons. The Morgan fingerprint density at radius 1 is 0.395 bits per heavy atom. The second kappa shape index (κ2) is 44.9. The van der Waals surface area contributed by atoms with Gasteiger partial charge in [0.1, 0.15) is 73.0 Å². The average Bonchev–Trinajstić information content (AvgIpc) is 1.50. The fraction of sp³-hybridized carbons (Fsp3) is 0.257. The summed E-state index contributed by atoms with van der Waals surface area (Å²) in [6, 6.07) is 72.5. The van der Waals surface area contributed by atoms with Crippen molar-refractivity contribution in [2.75, 3.05) is 56.8 Å². The van der Waals surface area contributed by atoms with E-state index in [4.69, 9.17) is 84.3 Å². The number of ether oxygens (including phenoxy) is 10. The van der Waals surface area contributed by atoms with Crippen LogP contribution in [0, 0.1) is 23.7 Å². The van der Waals surface area contributed by atoms with Crippen molar-refractivity contribution in [3.8, 4) is 23.0 Å². The monoisotopic (exact) mass is 2440 g/mol. The average molecular weight is 2440 g/mol. The fourth-order valence-electron chi connectivity index (χ4n) is 21.0. The number of hydrogen-bond donors (Lipinski definition) is 4. The largest absolute Gasteiger partial charge is 1.00 e. The van der Waals surface area contributed by atoms with Crippen molar-refractivity contribution in [3.63, 3.8) is 0 Å². The highest BCUT2D eigenvalue weighted by molar-refractivity contribution is 9.11. The number of esters is 6. The highest BCUT2D eigenvalue weighted by atomic mass is 127. The summed E-state index contributed by atoms with van der Waals surface area (Å²) >= 11 is 38.4. The minimum Gasteiger partial charge on any atom is -1.00 e. The first-order valence-electron chi connectivity index (χ1n) is 45.0. The summed E-state index contributed by atoms with van der Waals surface area (Å²) in [5.41, 5.74) is -8.39. The number of nitrogens with zero attached hydrogens (tertiary/aromatic N) is 5. The molecule has 4 aromatic heterocycles. The van der Waals surface area contributed by atoms with Gasteiger partial charge < -0.3 is 91.8 Å². The highest BCUT2D eigenvalue weighted by Gasteiger charge is 2.81. The third kappa shape index (κ3) is 19.3. The molecule has 4 aliphatic carbocycles. The van der Waals surface area contributed by atoms with Gasteiger partial charge in [-0.1, -0.05) is 287 Å². The molecular formula is C109H92Br4Cl4IN5O24. The van der Waals surface area contributed by atoms with E-state index in [2.05, 4.69) is 106 Å². The van der Waals surface area contributed by atoms with Crippen molar-refractivity contribution in [1.82, 2.24) is 19.9 Å². The Bertz CT molecular complexity index is 6850. The van der Waals surface area contributed by atoms with Gasteiger partial charge >= 0.3 is 35.8 Å². The molecule has 29 nitrogen and oxygen atoms in total. The zero-order valence-electron chi connectivity index (χ0n) is 79.4. The molecule has 0 saturated heterocycles. The number of fused-ring (bicyclic) bond motifs is 12. The van der Waals surface area contributed by atoms with E-state index in [9.17, 15) is 68.4 Å². The number of rotatable bonds is 18. The third-order valence-electron chi connectivity index (χ3n) is 27.0. The molecule has 8 heterocycles. The minimum atomic E-state index is -2.26. The van der Waals surface area contributed by atoms with Crippen molar-refractivity contribution in [2.45, 2.75) is 94.2 Å². The number of carbonyl (C=O) groups excluding carboxylic acids is 10. The first kappa shape index (κ1) is 111. The van der Waals surface area contributed by atoms with Gasteiger partial charge in [0.25, 0.3) is 0 Å². The zero-order chi connectivity index (χ0) is 105. The normalized spacial score (nSPS) is 24.6. The maximum Gasteiger partial charge on any atom is 0.320 e. The smallest absolute Gasteiger partial charge is 0.320 e. The lowest BCUT2D eigenvalue weighted by Gasteiger charge is -2.39. The number of pyridine rings is 4. The first-order chi connectivity index (χ1) is 69.7. The van der Waals surface area contributed by atoms with Gasteiger partial charge in [0.15, 0.2) is 51.6 Å². The Balaban J connectivity index is 0.000000149. The summed E-state index contributed by atoms with van der Waals surface area (Å²) in [4.78, 5) is 144. The standard InChI is InChI=1S/2C28H23BrClNO7.C23H15BrClNO3.C22H15BrClNO3.C5H8O4.C3H8N.HI/c2*1-36-25(33)20(26(34)37-2)13-19-22(15-6-4-3-5-7-15)28(16-8-10-17(29)11-9-16)27(35,24(19)32)23-21(38-28)12-18(30)14-31-23;1-13-19(14-5-3-2-4-6-14)23(15-7-9-16(24)10-8-15)22(28,21(13)27)20-18(29-23)11-17(25)12-26-20;23-15-8-6-14(7-9-15)22-17(13-4-2-1-3-5-13)11-19(26)21(22,27)20-18(28-22)10-16(24)12-25-20;1-8-4(6)3-5(7)9-2;1-4(2)3;/h2*3-12,14,19-20,22,35H,13H2,1-2H3;2-12,19,28H,1H2;1-10,12,17,27H,11H2;3H2,1-2H3;1H2,2-3H3;1H/q;;;;;+1;/p-1/t2*19-,22-,27+,28+;19-,22-,23-;17-,21+,22-;;;/m1100.../s1. The van der Waals surface area contributed by atoms with Crippen molar-refractivity contribution in [1.29, 1.82) is 0 Å². The third-order valence-corrected chi connectivity index (χ3v) is 30.0. The second-order valence-electron chi connectivity index (χ2n) is 35.3. The van der Waals surface area contributed by atoms with Crippen LogP contribution in [0.1, 0.15) is 117 Å². The molecular weight excluding hydrogens is 2350 g/mol. The molecule has 0 spiro atoms. The molecule has 12 aromatic rings. The first-order valence-corrected chi connectivity index (χ1v) is 49.7. The van der Waals surface area contributed by atoms with Crippen LogP contribution in [-0.4, -0.2) is 167 Å². The fourth-order valence-corrected chi connectivity index (χ4v) is 22.7. The van der Waals surface area contributed by atoms with Crippen molar-refractivity contribution < 1.29 is 144 Å². The van der Waals surface area contributed by atoms with Gasteiger partial charge in [-0.05, 0) is 100 Å². The molecule has 147 heavy (non-hydrogen) atoms. The number of benzene rings is 8. The number of ketones is 4. The van der Waals surface area contributed by atoms with E-state index < -0.39 is 139 Å². The van der Waals surface area contributed by atoms with E-state index in [0.29, 0.717) is 54.9 Å². The molecule has 4 saturated carbocycles. The zero-order valence-corrected chi connectivity index (χ0v) is 90.9. The van der Waals surface area contributed by atoms with Crippen LogP contribution in [0.3, 0.4) is 0 Å². The molecule has 0 amide bonds. The summed E-state index contributed by atoms with van der Waals surface area (Å²) in [5.74, 6) is -13.2. The van der Waals surface area contributed by atoms with Crippen LogP contribution in [0.25, 0.3) is 0 Å². The van der Waals surface area contributed by atoms with Crippen LogP contribution in [0.4, 0.5) is 0 Å². The highest BCUT2D eigenvalue weighted by Crippen LogP contribution is 2.72. The molecule has 38 heteroatoms. The van der Waals surface area contributed by atoms with E-state index in [1.165, 1.54) is 51.1 Å². The van der Waals surface area contributed by atoms with Crippen LogP contribution in [0.5, 0.6) is 23.0 Å². The Morgan fingerprint density at radius 2 is 0.660 bits per heavy atom. The number of aliphatic hydroxyl groups is 4. The molecule has 4 fully saturated rings. The van der Waals surface area contributed by atoms with Gasteiger partial charge in [0.2, 0.25) is 28.2 Å². The quantitative estimate of drug-likeness (QED) is 0.0118. The Kier molecular flexibility index (Phi) is 33.8. The predicted octanol–water partition coefficient (Wildman–Crippen LogP) is 14.9. The number of halogens is 9. The molecule has 0 unspecified atom stereocenters. The summed E-state index contributed by atoms with van der Waals surface area (Å²) < 4.78 is 58.9. The van der Waals surface area contributed by atoms with Crippen LogP contribution >= 0.6 is 110 Å². The number of hydrogen-bond acceptors (Lipinski definition) is 28. The Labute approximate surface area is 914 Å². The van der Waals surface area contributed by atoms with E-state index in [1.807, 2.05) is 160 Å². The number of methoxy groups -OCH3 is 6. The molecule has 4 aliphatic heterocycles. The molecule has 0 bridgehead atoms. The van der Waals surface area contributed by atoms with Crippen LogP contribution in [0.15, 0.2) is 297 Å². The lowest BCUT2D eigenvalue weighted by atomic mass is 9.71. The summed E-state index contributed by atoms with van der Waals surface area (Å²) in [7, 11) is 10.8. The van der Waals surface area contributed by atoms with Gasteiger partial charge in [-0.15, -0.1) is 0 Å². The number of Topliss-reactive ketones (excluding diaryl/α,β-unsaturated/α-hetero) is 4. The topological polar surface area (TPSA) is 398 Å². The van der Waals surface area contributed by atoms with E-state index >= 15 is 0 Å². The van der Waals surface area contributed by atoms with Crippen LogP contribution in [-0.2, 0) is 121 Å². The SMILES string of the molecule is C=C1C(=O)[C@@]2(O)c3ncc(Cl)cc3O[C@@]2(c2ccc(Br)cc2)[C@@H]1c1ccccc1.C=[N+](C)C.COC(=O)C(C[C@H]1C(=O)[C@@]2(O)c3ncc(Cl)cc3O[C@@]2(c2ccc(Br)cc2)[C@@H]1c1ccccc1)C(=O)OC.COC(=O)C(C[C@H]1C(=O)[C@@]2(O)c3ncc(Cl)cc3O[C@@]2(c2ccc(Br)cc2)[C@@H]1c1ccccc1)C(=O)OC.COC(=O)CC(=O)OC.O=C1C[C@@H](c2ccccc2)[C@]2(c3ccc(Br)cc3)Oc3cc(Cl)cnc3[C@]12O.[I-]. The molecule has 8 aromatic carbocycles. The molecule has 20 rings (SSSR count). The van der Waals surface area contributed by atoms with Crippen molar-refractivity contribution in [2.24, 2.45) is 23.7 Å². The van der Waals surface area contributed by atoms with E-state index in [1.54, 1.807) is 89.5 Å². The Hall–Kier alpha value is -11.9. The Morgan fingerprint density at radius 3 is 0.966 bits per heavy atom. The van der Waals surface area contributed by atoms with Crippen molar-refractivity contribution in [3.05, 3.63) is 385 Å². The lowest BCUT2D eigenvalue weighted by molar-refractivity contribution is -0.454. The summed E-state index contributed by atoms with van der Waals surface area (Å²) in [5, 5.41) is 50.1. The maximum absolute atomic E-state index is 14.4. The van der Waals surface area contributed by atoms with Gasteiger partial charge in [0.05, 0.1) is 68.7 Å². The predicted molar refractivity (Wildman–Crippen MR) is 548 cm³/mol. The molecule has 0 radical (unpaired) electrons. The molecule has 4 N–H and O–H groups in total. The number of aromatic nitrogens is 4. The molecule has 14 atom stereocenters. The number of carbonyl (C=O) groups is 10. The van der Waals surface area contributed by atoms with E-state index in [-0.39, 0.29) is 111 Å². The van der Waals surface area contributed by atoms with Crippen molar-refractivity contribution >= 4 is 176 Å². The second-order valence-corrected chi connectivity index (χ2v) is 40.7. The minimum absolute atomic E-state index is 0. The lowest BCUT2D eigenvalue weighted by Crippen LogP contribution is -3.00. The maximum atomic E-state index is 14.4. The van der Waals surface area contributed by atoms with Crippen LogP contribution in [0.2, 0.25) is 20.1 Å². The van der Waals surface area contributed by atoms with Gasteiger partial charge in [-0.2, -0.15) is 0 Å². The summed E-state index contributed by atoms with van der Waals surface area (Å²) in [6.07, 6.45) is 4.81. The summed E-state index contributed by atoms with van der Waals surface area (Å²) in [6.45, 7) is 7.52. The van der Waals surface area contributed by atoms with E-state index in [0.717, 1.165) is 57.5 Å². The van der Waals surface area contributed by atoms with Gasteiger partial charge in [-0.3, -0.25) is 67.9 Å². The van der Waals surface area contributed by atoms with Gasteiger partial charge in [0, 0.05) is 114 Å².